The van der Waals surface area contributed by atoms with E-state index in [0.29, 0.717) is 35.2 Å². The Morgan fingerprint density at radius 1 is 0.871 bits per heavy atom. The van der Waals surface area contributed by atoms with Gasteiger partial charge in [0.2, 0.25) is 11.5 Å². The van der Waals surface area contributed by atoms with E-state index in [1.807, 2.05) is 34.6 Å². The molecule has 170 valence electrons. The van der Waals surface area contributed by atoms with Crippen molar-refractivity contribution in [1.82, 2.24) is 0 Å². The topological polar surface area (TPSA) is 71.1 Å². The molecule has 0 amide bonds. The Morgan fingerprint density at radius 3 is 1.97 bits per heavy atom. The molecule has 0 unspecified atom stereocenters. The first-order valence-corrected chi connectivity index (χ1v) is 11.1. The number of benzene rings is 2. The lowest BCUT2D eigenvalue weighted by atomic mass is 9.90. The fourth-order valence-corrected chi connectivity index (χ4v) is 3.02. The van der Waals surface area contributed by atoms with Crippen molar-refractivity contribution < 1.29 is 28.5 Å². The Kier molecular flexibility index (Phi) is 8.57. The fraction of sp³-hybridized carbons (Fsp3) is 0.500. The van der Waals surface area contributed by atoms with Gasteiger partial charge in [0.05, 0.1) is 18.6 Å². The van der Waals surface area contributed by atoms with E-state index in [-0.39, 0.29) is 36.0 Å². The number of fused-ring (bicyclic) bond motifs is 1. The molecule has 0 aliphatic carbocycles. The zero-order chi connectivity index (χ0) is 23.2. The molecule has 7 heteroatoms. The SMILES string of the molecule is CCCC(=O)Oc1c(OCC)c(OCC)c(OC(=O)C(C)(C)CC)c2ccc(Cl)cc12. The first kappa shape index (κ1) is 24.8. The molecule has 2 rings (SSSR count). The largest absolute Gasteiger partial charge is 0.487 e. The van der Waals surface area contributed by atoms with Gasteiger partial charge in [0.15, 0.2) is 11.5 Å². The Balaban J connectivity index is 2.84. The van der Waals surface area contributed by atoms with Crippen molar-refractivity contribution in [3.05, 3.63) is 23.2 Å². The second-order valence-corrected chi connectivity index (χ2v) is 8.16. The van der Waals surface area contributed by atoms with Gasteiger partial charge in [0.1, 0.15) is 0 Å². The molecule has 6 nitrogen and oxygen atoms in total. The Morgan fingerprint density at radius 2 is 1.45 bits per heavy atom. The molecule has 0 heterocycles. The molecule has 0 saturated carbocycles. The summed E-state index contributed by atoms with van der Waals surface area (Å²) < 4.78 is 23.3. The van der Waals surface area contributed by atoms with Gasteiger partial charge in [0.25, 0.3) is 0 Å². The highest BCUT2D eigenvalue weighted by Crippen LogP contribution is 2.52. The first-order valence-electron chi connectivity index (χ1n) is 10.7. The molecule has 0 bridgehead atoms. The molecule has 0 atom stereocenters. The second kappa shape index (κ2) is 10.7. The van der Waals surface area contributed by atoms with Gasteiger partial charge in [0, 0.05) is 22.2 Å². The van der Waals surface area contributed by atoms with Crippen molar-refractivity contribution in [2.75, 3.05) is 13.2 Å². The third-order valence-electron chi connectivity index (χ3n) is 4.97. The van der Waals surface area contributed by atoms with E-state index in [1.165, 1.54) is 0 Å². The zero-order valence-corrected chi connectivity index (χ0v) is 19.9. The third-order valence-corrected chi connectivity index (χ3v) is 5.20. The van der Waals surface area contributed by atoms with Crippen LogP contribution in [0.2, 0.25) is 5.02 Å². The summed E-state index contributed by atoms with van der Waals surface area (Å²) in [7, 11) is 0. The zero-order valence-electron chi connectivity index (χ0n) is 19.1. The van der Waals surface area contributed by atoms with Gasteiger partial charge in [-0.25, -0.2) is 0 Å². The highest BCUT2D eigenvalue weighted by Gasteiger charge is 2.32. The minimum atomic E-state index is -0.694. The molecule has 0 fully saturated rings. The van der Waals surface area contributed by atoms with Gasteiger partial charge >= 0.3 is 11.9 Å². The average molecular weight is 451 g/mol. The molecule has 2 aromatic rings. The standard InChI is InChI=1S/C24H31ClO6/c1-7-11-18(26)30-20-17-14-15(25)12-13-16(17)19(31-23(27)24(5,6)8-2)21(28-9-3)22(20)29-10-4/h12-14H,7-11H2,1-6H3. The van der Waals surface area contributed by atoms with Gasteiger partial charge in [-0.05, 0) is 58.7 Å². The van der Waals surface area contributed by atoms with Crippen LogP contribution < -0.4 is 18.9 Å². The number of carbonyl (C=O) groups excluding carboxylic acids is 2. The lowest BCUT2D eigenvalue weighted by molar-refractivity contribution is -0.144. The van der Waals surface area contributed by atoms with Crippen LogP contribution in [-0.2, 0) is 9.59 Å². The lowest BCUT2D eigenvalue weighted by Crippen LogP contribution is -2.28. The second-order valence-electron chi connectivity index (χ2n) is 7.72. The minimum Gasteiger partial charge on any atom is -0.487 e. The number of hydrogen-bond donors (Lipinski definition) is 0. The number of rotatable bonds is 10. The summed E-state index contributed by atoms with van der Waals surface area (Å²) >= 11 is 6.25. The maximum Gasteiger partial charge on any atom is 0.317 e. The van der Waals surface area contributed by atoms with Crippen LogP contribution in [0.15, 0.2) is 18.2 Å². The lowest BCUT2D eigenvalue weighted by Gasteiger charge is -2.24. The van der Waals surface area contributed by atoms with Crippen molar-refractivity contribution >= 4 is 34.3 Å². The minimum absolute atomic E-state index is 0.204. The Hall–Kier alpha value is -2.47. The van der Waals surface area contributed by atoms with Crippen LogP contribution in [0.25, 0.3) is 10.8 Å². The quantitative estimate of drug-likeness (QED) is 0.310. The first-order chi connectivity index (χ1) is 14.7. The number of esters is 2. The Bertz CT molecular complexity index is 951. The van der Waals surface area contributed by atoms with Crippen molar-refractivity contribution in [3.8, 4) is 23.0 Å². The highest BCUT2D eigenvalue weighted by atomic mass is 35.5. The van der Waals surface area contributed by atoms with E-state index in [4.69, 9.17) is 30.5 Å². The summed E-state index contributed by atoms with van der Waals surface area (Å²) in [6.07, 6.45) is 1.49. The van der Waals surface area contributed by atoms with Crippen LogP contribution in [0.5, 0.6) is 23.0 Å². The summed E-state index contributed by atoms with van der Waals surface area (Å²) in [5.41, 5.74) is -0.694. The number of carbonyl (C=O) groups is 2. The maximum atomic E-state index is 12.9. The van der Waals surface area contributed by atoms with E-state index in [0.717, 1.165) is 0 Å². The average Bonchev–Trinajstić information content (AvgIpc) is 2.72. The summed E-state index contributed by atoms with van der Waals surface area (Å²) in [4.78, 5) is 25.3. The molecule has 0 aliphatic rings. The van der Waals surface area contributed by atoms with Crippen molar-refractivity contribution in [2.24, 2.45) is 5.41 Å². The van der Waals surface area contributed by atoms with E-state index < -0.39 is 17.4 Å². The molecule has 2 aromatic carbocycles. The third kappa shape index (κ3) is 5.62. The van der Waals surface area contributed by atoms with Crippen molar-refractivity contribution in [1.29, 1.82) is 0 Å². The molecular formula is C24H31ClO6. The van der Waals surface area contributed by atoms with Crippen LogP contribution in [0, 0.1) is 5.41 Å². The fourth-order valence-electron chi connectivity index (χ4n) is 2.85. The van der Waals surface area contributed by atoms with E-state index in [1.54, 1.807) is 25.1 Å². The molecule has 31 heavy (non-hydrogen) atoms. The van der Waals surface area contributed by atoms with Crippen LogP contribution in [0.3, 0.4) is 0 Å². The number of ether oxygens (including phenoxy) is 4. The summed E-state index contributed by atoms with van der Waals surface area (Å²) in [5, 5.41) is 1.48. The van der Waals surface area contributed by atoms with Crippen LogP contribution in [0.1, 0.15) is 60.8 Å². The molecule has 0 aliphatic heterocycles. The molecule has 0 saturated heterocycles. The smallest absolute Gasteiger partial charge is 0.317 e. The monoisotopic (exact) mass is 450 g/mol. The van der Waals surface area contributed by atoms with Gasteiger partial charge in [-0.15, -0.1) is 0 Å². The van der Waals surface area contributed by atoms with Crippen molar-refractivity contribution in [2.45, 2.75) is 60.8 Å². The normalized spacial score (nSPS) is 11.3. The predicted molar refractivity (Wildman–Crippen MR) is 122 cm³/mol. The number of hydrogen-bond acceptors (Lipinski definition) is 6. The van der Waals surface area contributed by atoms with E-state index in [2.05, 4.69) is 0 Å². The highest BCUT2D eigenvalue weighted by molar-refractivity contribution is 6.31. The predicted octanol–water partition coefficient (Wildman–Crippen LogP) is 6.34. The molecule has 0 aromatic heterocycles. The molecular weight excluding hydrogens is 420 g/mol. The summed E-state index contributed by atoms with van der Waals surface area (Å²) in [6.45, 7) is 11.7. The maximum absolute atomic E-state index is 12.9. The molecule has 0 spiro atoms. The molecule has 0 N–H and O–H groups in total. The van der Waals surface area contributed by atoms with Gasteiger partial charge in [-0.2, -0.15) is 0 Å². The summed E-state index contributed by atoms with van der Waals surface area (Å²) in [6, 6.07) is 5.06. The van der Waals surface area contributed by atoms with Gasteiger partial charge in [-0.1, -0.05) is 25.4 Å². The van der Waals surface area contributed by atoms with Crippen LogP contribution in [-0.4, -0.2) is 25.2 Å². The van der Waals surface area contributed by atoms with Crippen molar-refractivity contribution in [3.63, 3.8) is 0 Å². The van der Waals surface area contributed by atoms with Gasteiger partial charge in [-0.3, -0.25) is 9.59 Å². The van der Waals surface area contributed by atoms with Crippen LogP contribution in [0.4, 0.5) is 0 Å². The van der Waals surface area contributed by atoms with E-state index >= 15 is 0 Å². The summed E-state index contributed by atoms with van der Waals surface area (Å²) in [5.74, 6) is 0.0587. The van der Waals surface area contributed by atoms with Crippen LogP contribution >= 0.6 is 11.6 Å². The molecule has 0 radical (unpaired) electrons. The van der Waals surface area contributed by atoms with Gasteiger partial charge < -0.3 is 18.9 Å². The number of halogens is 1. The Labute approximate surface area is 188 Å². The van der Waals surface area contributed by atoms with E-state index in [9.17, 15) is 9.59 Å².